The zero-order valence-corrected chi connectivity index (χ0v) is 12.0. The van der Waals surface area contributed by atoms with Crippen LogP contribution in [0.5, 0.6) is 0 Å². The summed E-state index contributed by atoms with van der Waals surface area (Å²) in [5, 5.41) is 12.9. The maximum absolute atomic E-state index is 12.5. The summed E-state index contributed by atoms with van der Waals surface area (Å²) in [6.07, 6.45) is 0.486. The SMILES string of the molecule is CNc1snc(C)c1C(=O)N1CCC(C)(C(=O)O)C1. The van der Waals surface area contributed by atoms with E-state index in [4.69, 9.17) is 0 Å². The number of carbonyl (C=O) groups is 2. The van der Waals surface area contributed by atoms with Gasteiger partial charge in [-0.05, 0) is 31.8 Å². The van der Waals surface area contributed by atoms with Crippen LogP contribution in [0.2, 0.25) is 0 Å². The first-order chi connectivity index (χ1) is 8.89. The number of rotatable bonds is 3. The molecule has 1 amide bonds. The zero-order valence-electron chi connectivity index (χ0n) is 11.2. The highest BCUT2D eigenvalue weighted by molar-refractivity contribution is 7.10. The highest BCUT2D eigenvalue weighted by atomic mass is 32.1. The first-order valence-corrected chi connectivity index (χ1v) is 6.83. The lowest BCUT2D eigenvalue weighted by Crippen LogP contribution is -2.35. The van der Waals surface area contributed by atoms with Crippen LogP contribution in [0, 0.1) is 12.3 Å². The third-order valence-electron chi connectivity index (χ3n) is 3.58. The second-order valence-electron chi connectivity index (χ2n) is 5.06. The molecule has 2 rings (SSSR count). The summed E-state index contributed by atoms with van der Waals surface area (Å²) in [6.45, 7) is 4.19. The van der Waals surface area contributed by atoms with Crippen LogP contribution in [-0.2, 0) is 4.79 Å². The van der Waals surface area contributed by atoms with Crippen molar-refractivity contribution in [1.82, 2.24) is 9.27 Å². The fraction of sp³-hybridized carbons (Fsp3) is 0.583. The molecule has 6 nitrogen and oxygen atoms in total. The topological polar surface area (TPSA) is 82.5 Å². The van der Waals surface area contributed by atoms with Crippen LogP contribution < -0.4 is 5.32 Å². The van der Waals surface area contributed by atoms with Gasteiger partial charge in [0.15, 0.2) is 0 Å². The molecule has 7 heteroatoms. The summed E-state index contributed by atoms with van der Waals surface area (Å²) >= 11 is 1.24. The lowest BCUT2D eigenvalue weighted by atomic mass is 9.90. The number of aliphatic carboxylic acids is 1. The minimum atomic E-state index is -0.850. The number of nitrogens with one attached hydrogen (secondary N) is 1. The number of nitrogens with zero attached hydrogens (tertiary/aromatic N) is 2. The van der Waals surface area contributed by atoms with Crippen LogP contribution in [-0.4, -0.2) is 46.4 Å². The van der Waals surface area contributed by atoms with Crippen molar-refractivity contribution in [2.24, 2.45) is 5.41 Å². The third-order valence-corrected chi connectivity index (χ3v) is 4.54. The molecule has 0 bridgehead atoms. The number of hydrogen-bond donors (Lipinski definition) is 2. The van der Waals surface area contributed by atoms with Crippen molar-refractivity contribution in [1.29, 1.82) is 0 Å². The molecule has 104 valence electrons. The van der Waals surface area contributed by atoms with E-state index < -0.39 is 11.4 Å². The number of aromatic nitrogens is 1. The van der Waals surface area contributed by atoms with Crippen molar-refractivity contribution in [3.63, 3.8) is 0 Å². The van der Waals surface area contributed by atoms with E-state index in [-0.39, 0.29) is 12.5 Å². The second kappa shape index (κ2) is 4.80. The molecule has 1 unspecified atom stereocenters. The Bertz CT molecular complexity index is 528. The van der Waals surface area contributed by atoms with Crippen LogP contribution in [0.4, 0.5) is 5.00 Å². The molecule has 0 spiro atoms. The van der Waals surface area contributed by atoms with Crippen LogP contribution in [0.25, 0.3) is 0 Å². The highest BCUT2D eigenvalue weighted by Gasteiger charge is 2.43. The van der Waals surface area contributed by atoms with Crippen molar-refractivity contribution >= 4 is 28.4 Å². The number of likely N-dealkylation sites (tertiary alicyclic amines) is 1. The second-order valence-corrected chi connectivity index (χ2v) is 5.84. The van der Waals surface area contributed by atoms with E-state index in [0.717, 1.165) is 5.00 Å². The highest BCUT2D eigenvalue weighted by Crippen LogP contribution is 2.33. The van der Waals surface area contributed by atoms with Crippen molar-refractivity contribution in [2.45, 2.75) is 20.3 Å². The first-order valence-electron chi connectivity index (χ1n) is 6.06. The summed E-state index contributed by atoms with van der Waals surface area (Å²) < 4.78 is 4.17. The van der Waals surface area contributed by atoms with Crippen LogP contribution >= 0.6 is 11.5 Å². The van der Waals surface area contributed by atoms with Gasteiger partial charge in [-0.3, -0.25) is 9.59 Å². The molecule has 0 radical (unpaired) electrons. The number of amides is 1. The normalized spacial score (nSPS) is 22.6. The lowest BCUT2D eigenvalue weighted by molar-refractivity contribution is -0.147. The average Bonchev–Trinajstić information content (AvgIpc) is 2.93. The monoisotopic (exact) mass is 283 g/mol. The Labute approximate surface area is 115 Å². The Morgan fingerprint density at radius 1 is 1.53 bits per heavy atom. The summed E-state index contributed by atoms with van der Waals surface area (Å²) in [4.78, 5) is 25.3. The molecule has 1 aromatic heterocycles. The molecule has 0 aliphatic carbocycles. The minimum absolute atomic E-state index is 0.138. The Morgan fingerprint density at radius 2 is 2.21 bits per heavy atom. The molecule has 2 N–H and O–H groups in total. The van der Waals surface area contributed by atoms with Gasteiger partial charge < -0.3 is 15.3 Å². The Kier molecular flexibility index (Phi) is 3.49. The standard InChI is InChI=1S/C12H17N3O3S/c1-7-8(9(13-3)19-14-7)10(16)15-5-4-12(2,6-15)11(17)18/h13H,4-6H2,1-3H3,(H,17,18). The molecule has 19 heavy (non-hydrogen) atoms. The van der Waals surface area contributed by atoms with Crippen LogP contribution in [0.3, 0.4) is 0 Å². The third kappa shape index (κ3) is 2.30. The van der Waals surface area contributed by atoms with E-state index in [0.29, 0.717) is 24.2 Å². The van der Waals surface area contributed by atoms with E-state index in [1.165, 1.54) is 11.5 Å². The molecule has 1 aliphatic rings. The fourth-order valence-electron chi connectivity index (χ4n) is 2.26. The average molecular weight is 283 g/mol. The minimum Gasteiger partial charge on any atom is -0.481 e. The lowest BCUT2D eigenvalue weighted by Gasteiger charge is -2.20. The van der Waals surface area contributed by atoms with Gasteiger partial charge >= 0.3 is 5.97 Å². The number of carboxylic acid groups (broad SMARTS) is 1. The van der Waals surface area contributed by atoms with Gasteiger partial charge in [0.1, 0.15) is 5.00 Å². The molecule has 1 atom stereocenters. The van der Waals surface area contributed by atoms with E-state index in [1.54, 1.807) is 25.8 Å². The Morgan fingerprint density at radius 3 is 2.74 bits per heavy atom. The van der Waals surface area contributed by atoms with Crippen LogP contribution in [0.1, 0.15) is 29.4 Å². The number of anilines is 1. The molecular weight excluding hydrogens is 266 g/mol. The van der Waals surface area contributed by atoms with Gasteiger partial charge in [0, 0.05) is 20.1 Å². The molecule has 2 heterocycles. The maximum Gasteiger partial charge on any atom is 0.311 e. The van der Waals surface area contributed by atoms with Crippen molar-refractivity contribution in [3.05, 3.63) is 11.3 Å². The van der Waals surface area contributed by atoms with E-state index in [9.17, 15) is 14.7 Å². The summed E-state index contributed by atoms with van der Waals surface area (Å²) in [7, 11) is 1.75. The Hall–Kier alpha value is -1.63. The largest absolute Gasteiger partial charge is 0.481 e. The summed E-state index contributed by atoms with van der Waals surface area (Å²) in [5.41, 5.74) is 0.401. The van der Waals surface area contributed by atoms with Gasteiger partial charge in [0.25, 0.3) is 5.91 Å². The first kappa shape index (κ1) is 13.8. The predicted octanol–water partition coefficient (Wildman–Crippen LogP) is 1.43. The fourth-order valence-corrected chi connectivity index (χ4v) is 3.00. The van der Waals surface area contributed by atoms with Crippen molar-refractivity contribution in [2.75, 3.05) is 25.5 Å². The molecule has 1 aromatic rings. The van der Waals surface area contributed by atoms with Crippen LogP contribution in [0.15, 0.2) is 0 Å². The quantitative estimate of drug-likeness (QED) is 0.877. The number of carbonyl (C=O) groups excluding carboxylic acids is 1. The molecule has 1 saturated heterocycles. The van der Waals surface area contributed by atoms with E-state index >= 15 is 0 Å². The van der Waals surface area contributed by atoms with Gasteiger partial charge in [-0.25, -0.2) is 0 Å². The number of hydrogen-bond acceptors (Lipinski definition) is 5. The van der Waals surface area contributed by atoms with Crippen molar-refractivity contribution in [3.8, 4) is 0 Å². The van der Waals surface area contributed by atoms with Gasteiger partial charge in [0.2, 0.25) is 0 Å². The molecule has 1 fully saturated rings. The van der Waals surface area contributed by atoms with E-state index in [1.807, 2.05) is 0 Å². The Balaban J connectivity index is 2.22. The predicted molar refractivity (Wildman–Crippen MR) is 72.7 cm³/mol. The van der Waals surface area contributed by atoms with Gasteiger partial charge in [-0.1, -0.05) is 0 Å². The molecule has 0 saturated carbocycles. The maximum atomic E-state index is 12.5. The van der Waals surface area contributed by atoms with Gasteiger partial charge in [-0.15, -0.1) is 0 Å². The zero-order chi connectivity index (χ0) is 14.2. The molecular formula is C12H17N3O3S. The smallest absolute Gasteiger partial charge is 0.311 e. The summed E-state index contributed by atoms with van der Waals surface area (Å²) in [5.74, 6) is -0.989. The van der Waals surface area contributed by atoms with Gasteiger partial charge in [0.05, 0.1) is 16.7 Å². The van der Waals surface area contributed by atoms with Gasteiger partial charge in [-0.2, -0.15) is 4.37 Å². The number of aryl methyl sites for hydroxylation is 1. The number of carboxylic acids is 1. The van der Waals surface area contributed by atoms with E-state index in [2.05, 4.69) is 9.69 Å². The molecule has 0 aromatic carbocycles. The molecule has 1 aliphatic heterocycles. The summed E-state index contributed by atoms with van der Waals surface area (Å²) in [6, 6.07) is 0. The van der Waals surface area contributed by atoms with Crippen molar-refractivity contribution < 1.29 is 14.7 Å².